The standard InChI is InChI=1S/C13H16ClN3OS/c1-13(2,3)19-16-6-9-4-8-5-10(14)7-15-11(8)17-12(9)18/h4-5,7,16H,6H2,1-3H3,(H,15,17,18). The summed E-state index contributed by atoms with van der Waals surface area (Å²) in [5.41, 5.74) is 1.11. The van der Waals surface area contributed by atoms with Crippen LogP contribution >= 0.6 is 23.5 Å². The highest BCUT2D eigenvalue weighted by Crippen LogP contribution is 2.20. The molecule has 0 aliphatic carbocycles. The van der Waals surface area contributed by atoms with Crippen LogP contribution in [0.3, 0.4) is 0 Å². The van der Waals surface area contributed by atoms with Crippen LogP contribution in [0.5, 0.6) is 0 Å². The van der Waals surface area contributed by atoms with Gasteiger partial charge < -0.3 is 4.98 Å². The van der Waals surface area contributed by atoms with E-state index in [2.05, 4.69) is 35.5 Å². The highest BCUT2D eigenvalue weighted by molar-refractivity contribution is 7.98. The van der Waals surface area contributed by atoms with Crippen molar-refractivity contribution in [3.8, 4) is 0 Å². The second-order valence-electron chi connectivity index (χ2n) is 5.25. The van der Waals surface area contributed by atoms with Crippen LogP contribution in [-0.2, 0) is 6.54 Å². The number of halogens is 1. The molecule has 0 bridgehead atoms. The van der Waals surface area contributed by atoms with Crippen LogP contribution in [0.15, 0.2) is 23.1 Å². The lowest BCUT2D eigenvalue weighted by molar-refractivity contribution is 0.786. The van der Waals surface area contributed by atoms with E-state index in [4.69, 9.17) is 11.6 Å². The van der Waals surface area contributed by atoms with Gasteiger partial charge in [0.25, 0.3) is 5.56 Å². The van der Waals surface area contributed by atoms with Gasteiger partial charge in [-0.25, -0.2) is 4.98 Å². The molecule has 2 heterocycles. The minimum atomic E-state index is -0.121. The molecular formula is C13H16ClN3OS. The van der Waals surface area contributed by atoms with E-state index < -0.39 is 0 Å². The number of hydrogen-bond donors (Lipinski definition) is 2. The van der Waals surface area contributed by atoms with Crippen molar-refractivity contribution in [2.75, 3.05) is 0 Å². The summed E-state index contributed by atoms with van der Waals surface area (Å²) in [6.07, 6.45) is 1.52. The summed E-state index contributed by atoms with van der Waals surface area (Å²) in [6, 6.07) is 3.61. The average Bonchev–Trinajstić information content (AvgIpc) is 2.29. The number of rotatable bonds is 3. The van der Waals surface area contributed by atoms with E-state index in [0.29, 0.717) is 22.8 Å². The van der Waals surface area contributed by atoms with Crippen molar-refractivity contribution in [2.24, 2.45) is 0 Å². The normalized spacial score (nSPS) is 12.0. The van der Waals surface area contributed by atoms with Crippen LogP contribution in [0, 0.1) is 0 Å². The number of hydrogen-bond acceptors (Lipinski definition) is 4. The smallest absolute Gasteiger partial charge is 0.254 e. The summed E-state index contributed by atoms with van der Waals surface area (Å²) in [4.78, 5) is 18.7. The minimum absolute atomic E-state index is 0.106. The molecule has 0 aromatic carbocycles. The van der Waals surface area contributed by atoms with Crippen molar-refractivity contribution in [1.82, 2.24) is 14.7 Å². The number of nitrogens with one attached hydrogen (secondary N) is 2. The molecule has 0 saturated heterocycles. The number of aromatic nitrogens is 2. The Morgan fingerprint density at radius 2 is 2.16 bits per heavy atom. The Hall–Kier alpha value is -1.04. The first-order valence-electron chi connectivity index (χ1n) is 5.93. The molecule has 102 valence electrons. The van der Waals surface area contributed by atoms with Crippen molar-refractivity contribution in [1.29, 1.82) is 0 Å². The monoisotopic (exact) mass is 297 g/mol. The number of nitrogens with zero attached hydrogens (tertiary/aromatic N) is 1. The predicted octanol–water partition coefficient (Wildman–Crippen LogP) is 3.11. The molecule has 19 heavy (non-hydrogen) atoms. The summed E-state index contributed by atoms with van der Waals surface area (Å²) in [6.45, 7) is 6.83. The molecule has 0 fully saturated rings. The molecule has 0 atom stereocenters. The molecule has 2 aromatic heterocycles. The van der Waals surface area contributed by atoms with Gasteiger partial charge in [-0.1, -0.05) is 23.5 Å². The Kier molecular flexibility index (Phi) is 4.18. The van der Waals surface area contributed by atoms with E-state index in [1.54, 1.807) is 18.0 Å². The maximum atomic E-state index is 11.9. The van der Waals surface area contributed by atoms with E-state index in [0.717, 1.165) is 5.39 Å². The van der Waals surface area contributed by atoms with Crippen molar-refractivity contribution in [2.45, 2.75) is 32.1 Å². The fourth-order valence-corrected chi connectivity index (χ4v) is 2.40. The van der Waals surface area contributed by atoms with Crippen molar-refractivity contribution >= 4 is 34.6 Å². The molecule has 0 aliphatic heterocycles. The van der Waals surface area contributed by atoms with Crippen LogP contribution in [0.2, 0.25) is 5.02 Å². The third kappa shape index (κ3) is 3.96. The minimum Gasteiger partial charge on any atom is -0.306 e. The van der Waals surface area contributed by atoms with Crippen LogP contribution in [0.25, 0.3) is 11.0 Å². The Balaban J connectivity index is 2.23. The Morgan fingerprint density at radius 3 is 2.84 bits per heavy atom. The number of aromatic amines is 1. The molecule has 0 unspecified atom stereocenters. The van der Waals surface area contributed by atoms with Crippen molar-refractivity contribution < 1.29 is 0 Å². The van der Waals surface area contributed by atoms with E-state index in [-0.39, 0.29) is 10.3 Å². The van der Waals surface area contributed by atoms with Gasteiger partial charge in [0.2, 0.25) is 0 Å². The van der Waals surface area contributed by atoms with Crippen LogP contribution in [-0.4, -0.2) is 14.7 Å². The van der Waals surface area contributed by atoms with Gasteiger partial charge in [-0.3, -0.25) is 9.52 Å². The van der Waals surface area contributed by atoms with E-state index >= 15 is 0 Å². The zero-order chi connectivity index (χ0) is 14.0. The van der Waals surface area contributed by atoms with Crippen LogP contribution in [0.1, 0.15) is 26.3 Å². The zero-order valence-corrected chi connectivity index (χ0v) is 12.7. The van der Waals surface area contributed by atoms with Crippen molar-refractivity contribution in [3.05, 3.63) is 39.3 Å². The third-order valence-corrected chi connectivity index (χ3v) is 3.49. The highest BCUT2D eigenvalue weighted by atomic mass is 35.5. The summed E-state index contributed by atoms with van der Waals surface area (Å²) >= 11 is 7.50. The molecule has 2 N–H and O–H groups in total. The number of pyridine rings is 2. The molecule has 4 nitrogen and oxygen atoms in total. The second kappa shape index (κ2) is 5.53. The molecule has 6 heteroatoms. The zero-order valence-electron chi connectivity index (χ0n) is 11.1. The summed E-state index contributed by atoms with van der Waals surface area (Å²) in [5, 5.41) is 1.40. The fraction of sp³-hybridized carbons (Fsp3) is 0.385. The lowest BCUT2D eigenvalue weighted by Crippen LogP contribution is -2.21. The molecule has 2 aromatic rings. The van der Waals surface area contributed by atoms with Gasteiger partial charge in [-0.05, 0) is 32.9 Å². The van der Waals surface area contributed by atoms with E-state index in [9.17, 15) is 4.79 Å². The number of H-pyrrole nitrogens is 1. The largest absolute Gasteiger partial charge is 0.306 e. The summed E-state index contributed by atoms with van der Waals surface area (Å²) in [7, 11) is 0. The average molecular weight is 298 g/mol. The predicted molar refractivity (Wildman–Crippen MR) is 81.6 cm³/mol. The first-order valence-corrected chi connectivity index (χ1v) is 7.13. The van der Waals surface area contributed by atoms with Crippen LogP contribution in [0.4, 0.5) is 0 Å². The van der Waals surface area contributed by atoms with Crippen LogP contribution < -0.4 is 10.3 Å². The molecule has 0 saturated carbocycles. The number of fused-ring (bicyclic) bond motifs is 1. The van der Waals surface area contributed by atoms with E-state index in [1.165, 1.54) is 6.20 Å². The first kappa shape index (κ1) is 14.4. The van der Waals surface area contributed by atoms with Gasteiger partial charge in [0.05, 0.1) is 5.02 Å². The molecular weight excluding hydrogens is 282 g/mol. The topological polar surface area (TPSA) is 57.8 Å². The highest BCUT2D eigenvalue weighted by Gasteiger charge is 2.11. The molecule has 2 rings (SSSR count). The Labute approximate surface area is 121 Å². The fourth-order valence-electron chi connectivity index (χ4n) is 1.57. The second-order valence-corrected chi connectivity index (χ2v) is 7.40. The molecule has 0 amide bonds. The summed E-state index contributed by atoms with van der Waals surface area (Å²) in [5.74, 6) is 0. The maximum Gasteiger partial charge on any atom is 0.254 e. The quantitative estimate of drug-likeness (QED) is 0.855. The van der Waals surface area contributed by atoms with Gasteiger partial charge in [-0.15, -0.1) is 0 Å². The van der Waals surface area contributed by atoms with Gasteiger partial charge in [-0.2, -0.15) is 0 Å². The maximum absolute atomic E-state index is 11.9. The Morgan fingerprint density at radius 1 is 1.42 bits per heavy atom. The van der Waals surface area contributed by atoms with Gasteiger partial charge >= 0.3 is 0 Å². The van der Waals surface area contributed by atoms with Gasteiger partial charge in [0.15, 0.2) is 0 Å². The SMILES string of the molecule is CC(C)(C)SNCc1cc2cc(Cl)cnc2[nH]c1=O. The molecule has 0 aliphatic rings. The van der Waals surface area contributed by atoms with Crippen molar-refractivity contribution in [3.63, 3.8) is 0 Å². The first-order chi connectivity index (χ1) is 8.85. The van der Waals surface area contributed by atoms with Gasteiger partial charge in [0.1, 0.15) is 5.65 Å². The lowest BCUT2D eigenvalue weighted by Gasteiger charge is -2.17. The Bertz CT molecular complexity index is 648. The lowest BCUT2D eigenvalue weighted by atomic mass is 10.2. The molecule has 0 radical (unpaired) electrons. The van der Waals surface area contributed by atoms with Gasteiger partial charge in [0, 0.05) is 28.4 Å². The van der Waals surface area contributed by atoms with E-state index in [1.807, 2.05) is 6.07 Å². The molecule has 0 spiro atoms. The third-order valence-electron chi connectivity index (χ3n) is 2.38. The summed E-state index contributed by atoms with van der Waals surface area (Å²) < 4.78 is 3.31.